The fourth-order valence-electron chi connectivity index (χ4n) is 3.38. The number of hydrogen-bond acceptors (Lipinski definition) is 4. The van der Waals surface area contributed by atoms with Gasteiger partial charge in [-0.05, 0) is 54.5 Å². The van der Waals surface area contributed by atoms with Gasteiger partial charge < -0.3 is 9.88 Å². The summed E-state index contributed by atoms with van der Waals surface area (Å²) in [4.78, 5) is 19.6. The Morgan fingerprint density at radius 2 is 1.95 bits per heavy atom. The molecule has 0 aromatic carbocycles. The lowest BCUT2D eigenvalue weighted by atomic mass is 10.0. The third-order valence-corrected chi connectivity index (χ3v) is 4.81. The molecule has 0 unspecified atom stereocenters. The van der Waals surface area contributed by atoms with Gasteiger partial charge in [0.15, 0.2) is 0 Å². The molecular weight excluding hydrogens is 330 g/mol. The Kier molecular flexibility index (Phi) is 3.41. The Morgan fingerprint density at radius 3 is 2.76 bits per heavy atom. The van der Waals surface area contributed by atoms with Gasteiger partial charge in [0.1, 0.15) is 5.82 Å². The van der Waals surface area contributed by atoms with Gasteiger partial charge in [0, 0.05) is 24.6 Å². The third-order valence-electron chi connectivity index (χ3n) is 4.41. The van der Waals surface area contributed by atoms with Crippen LogP contribution in [0.25, 0.3) is 0 Å². The average molecular weight is 348 g/mol. The first-order valence-electron chi connectivity index (χ1n) is 7.63. The first-order chi connectivity index (χ1) is 10.3. The molecule has 1 fully saturated rings. The highest BCUT2D eigenvalue weighted by atomic mass is 79.9. The standard InChI is InChI=1S/C15H18BrN5/c16-10-8-17-15(18-9-10)21-7-3-6-13(21)14-19-11-4-1-2-5-12(11)20-14/h8-9,13H,1-7H2,(H,19,20)/t13-/m0/s1. The number of hydrogen-bond donors (Lipinski definition) is 1. The summed E-state index contributed by atoms with van der Waals surface area (Å²) in [7, 11) is 0. The number of aryl methyl sites for hydroxylation is 2. The molecule has 0 amide bonds. The van der Waals surface area contributed by atoms with Crippen LogP contribution in [0.5, 0.6) is 0 Å². The molecule has 1 saturated heterocycles. The number of nitrogens with one attached hydrogen (secondary N) is 1. The van der Waals surface area contributed by atoms with Gasteiger partial charge in [0.25, 0.3) is 0 Å². The highest BCUT2D eigenvalue weighted by Gasteiger charge is 2.31. The van der Waals surface area contributed by atoms with E-state index in [4.69, 9.17) is 4.98 Å². The van der Waals surface area contributed by atoms with Crippen LogP contribution in [0.15, 0.2) is 16.9 Å². The number of aromatic amines is 1. The number of rotatable bonds is 2. The molecule has 0 spiro atoms. The van der Waals surface area contributed by atoms with E-state index >= 15 is 0 Å². The third kappa shape index (κ3) is 2.46. The minimum absolute atomic E-state index is 0.289. The summed E-state index contributed by atoms with van der Waals surface area (Å²) in [5, 5.41) is 0. The molecule has 0 saturated carbocycles. The Hall–Kier alpha value is -1.43. The highest BCUT2D eigenvalue weighted by Crippen LogP contribution is 2.34. The van der Waals surface area contributed by atoms with Gasteiger partial charge in [-0.25, -0.2) is 15.0 Å². The average Bonchev–Trinajstić information content (AvgIpc) is 3.14. The number of H-pyrrole nitrogens is 1. The minimum atomic E-state index is 0.289. The highest BCUT2D eigenvalue weighted by molar-refractivity contribution is 9.10. The monoisotopic (exact) mass is 347 g/mol. The predicted octanol–water partition coefficient (Wildman–Crippen LogP) is 3.18. The fraction of sp³-hybridized carbons (Fsp3) is 0.533. The molecule has 1 aliphatic heterocycles. The molecule has 0 radical (unpaired) electrons. The van der Waals surface area contributed by atoms with Crippen LogP contribution in [0.3, 0.4) is 0 Å². The van der Waals surface area contributed by atoms with E-state index in [0.29, 0.717) is 0 Å². The molecule has 5 nitrogen and oxygen atoms in total. The molecule has 1 aliphatic carbocycles. The zero-order valence-electron chi connectivity index (χ0n) is 11.8. The molecule has 6 heteroatoms. The summed E-state index contributed by atoms with van der Waals surface area (Å²) in [6.07, 6.45) is 10.7. The van der Waals surface area contributed by atoms with Crippen LogP contribution in [0, 0.1) is 0 Å². The maximum absolute atomic E-state index is 4.86. The second-order valence-electron chi connectivity index (χ2n) is 5.81. The van der Waals surface area contributed by atoms with Gasteiger partial charge in [-0.1, -0.05) is 0 Å². The topological polar surface area (TPSA) is 57.7 Å². The summed E-state index contributed by atoms with van der Waals surface area (Å²) >= 11 is 3.39. The van der Waals surface area contributed by atoms with Crippen molar-refractivity contribution in [1.29, 1.82) is 0 Å². The van der Waals surface area contributed by atoms with E-state index in [-0.39, 0.29) is 6.04 Å². The lowest BCUT2D eigenvalue weighted by Gasteiger charge is -2.22. The van der Waals surface area contributed by atoms with Gasteiger partial charge in [-0.2, -0.15) is 0 Å². The second-order valence-corrected chi connectivity index (χ2v) is 6.72. The van der Waals surface area contributed by atoms with Crippen molar-refractivity contribution < 1.29 is 0 Å². The number of aromatic nitrogens is 4. The van der Waals surface area contributed by atoms with Crippen LogP contribution in [-0.2, 0) is 12.8 Å². The van der Waals surface area contributed by atoms with Crippen molar-refractivity contribution in [3.05, 3.63) is 34.1 Å². The number of fused-ring (bicyclic) bond motifs is 1. The number of nitrogens with zero attached hydrogens (tertiary/aromatic N) is 4. The quantitative estimate of drug-likeness (QED) is 0.906. The number of imidazole rings is 1. The lowest BCUT2D eigenvalue weighted by molar-refractivity contribution is 0.660. The first-order valence-corrected chi connectivity index (χ1v) is 8.42. The molecular formula is C15H18BrN5. The maximum atomic E-state index is 4.86. The number of halogens is 1. The normalized spacial score (nSPS) is 21.6. The lowest BCUT2D eigenvalue weighted by Crippen LogP contribution is -2.25. The summed E-state index contributed by atoms with van der Waals surface area (Å²) < 4.78 is 0.912. The fourth-order valence-corrected chi connectivity index (χ4v) is 3.58. The zero-order valence-corrected chi connectivity index (χ0v) is 13.4. The van der Waals surface area contributed by atoms with Crippen molar-refractivity contribution in [2.75, 3.05) is 11.4 Å². The van der Waals surface area contributed by atoms with E-state index < -0.39 is 0 Å². The first kappa shape index (κ1) is 13.2. The van der Waals surface area contributed by atoms with Crippen LogP contribution >= 0.6 is 15.9 Å². The molecule has 4 rings (SSSR count). The Morgan fingerprint density at radius 1 is 1.14 bits per heavy atom. The van der Waals surface area contributed by atoms with E-state index in [1.54, 1.807) is 0 Å². The summed E-state index contributed by atoms with van der Waals surface area (Å²) in [5.41, 5.74) is 2.62. The SMILES string of the molecule is Brc1cnc(N2CCC[C@H]2c2nc3c([nH]2)CCCC3)nc1. The molecule has 3 heterocycles. The Balaban J connectivity index is 1.64. The van der Waals surface area contributed by atoms with Crippen molar-refractivity contribution in [2.24, 2.45) is 0 Å². The molecule has 1 N–H and O–H groups in total. The van der Waals surface area contributed by atoms with E-state index in [1.165, 1.54) is 24.2 Å². The predicted molar refractivity (Wildman–Crippen MR) is 84.3 cm³/mol. The van der Waals surface area contributed by atoms with Crippen LogP contribution in [0.2, 0.25) is 0 Å². The maximum Gasteiger partial charge on any atom is 0.225 e. The Bertz CT molecular complexity index is 613. The van der Waals surface area contributed by atoms with E-state index in [9.17, 15) is 0 Å². The van der Waals surface area contributed by atoms with Gasteiger partial charge in [0.2, 0.25) is 5.95 Å². The van der Waals surface area contributed by atoms with Crippen molar-refractivity contribution in [1.82, 2.24) is 19.9 Å². The van der Waals surface area contributed by atoms with Crippen molar-refractivity contribution in [3.63, 3.8) is 0 Å². The van der Waals surface area contributed by atoms with Crippen molar-refractivity contribution >= 4 is 21.9 Å². The van der Waals surface area contributed by atoms with E-state index in [1.807, 2.05) is 12.4 Å². The summed E-state index contributed by atoms with van der Waals surface area (Å²) in [5.74, 6) is 1.90. The molecule has 1 atom stereocenters. The molecule has 2 aromatic heterocycles. The molecule has 2 aromatic rings. The van der Waals surface area contributed by atoms with Crippen LogP contribution in [-0.4, -0.2) is 26.5 Å². The van der Waals surface area contributed by atoms with Crippen LogP contribution in [0.4, 0.5) is 5.95 Å². The van der Waals surface area contributed by atoms with Gasteiger partial charge in [-0.15, -0.1) is 0 Å². The second kappa shape index (κ2) is 5.40. The van der Waals surface area contributed by atoms with Crippen LogP contribution in [0.1, 0.15) is 48.9 Å². The largest absolute Gasteiger partial charge is 0.344 e. The number of anilines is 1. The molecule has 2 aliphatic rings. The molecule has 110 valence electrons. The van der Waals surface area contributed by atoms with Gasteiger partial charge in [-0.3, -0.25) is 0 Å². The van der Waals surface area contributed by atoms with Crippen molar-refractivity contribution in [2.45, 2.75) is 44.6 Å². The Labute approximate surface area is 132 Å². The molecule has 0 bridgehead atoms. The summed E-state index contributed by atoms with van der Waals surface area (Å²) in [6, 6.07) is 0.289. The van der Waals surface area contributed by atoms with E-state index in [2.05, 4.69) is 35.8 Å². The summed E-state index contributed by atoms with van der Waals surface area (Å²) in [6.45, 7) is 0.998. The van der Waals surface area contributed by atoms with Crippen molar-refractivity contribution in [3.8, 4) is 0 Å². The van der Waals surface area contributed by atoms with Crippen LogP contribution < -0.4 is 4.90 Å². The van der Waals surface area contributed by atoms with Gasteiger partial charge >= 0.3 is 0 Å². The smallest absolute Gasteiger partial charge is 0.225 e. The van der Waals surface area contributed by atoms with Gasteiger partial charge in [0.05, 0.1) is 16.2 Å². The van der Waals surface area contributed by atoms with E-state index in [0.717, 1.165) is 48.5 Å². The minimum Gasteiger partial charge on any atom is -0.344 e. The zero-order chi connectivity index (χ0) is 14.2. The molecule has 21 heavy (non-hydrogen) atoms.